The highest BCUT2D eigenvalue weighted by atomic mass is 28.3. The molecule has 298 valence electrons. The number of fused-ring (bicyclic) bond motifs is 10. The second-order valence-corrected chi connectivity index (χ2v) is 19.8. The van der Waals surface area contributed by atoms with E-state index in [-0.39, 0.29) is 15.9 Å². The van der Waals surface area contributed by atoms with Crippen molar-refractivity contribution in [2.45, 2.75) is 5.41 Å². The van der Waals surface area contributed by atoms with Gasteiger partial charge in [0.2, 0.25) is 0 Å². The molecule has 11 rings (SSSR count). The quantitative estimate of drug-likeness (QED) is 0.0889. The van der Waals surface area contributed by atoms with Crippen LogP contribution in [0, 0.1) is 34.9 Å². The summed E-state index contributed by atoms with van der Waals surface area (Å²) in [6.07, 6.45) is 0. The molecule has 9 aromatic rings. The van der Waals surface area contributed by atoms with E-state index in [0.717, 1.165) is 40.5 Å². The molecule has 2 aliphatic carbocycles. The fourth-order valence-electron chi connectivity index (χ4n) is 10.4. The Morgan fingerprint density at radius 1 is 0.258 bits per heavy atom. The fourth-order valence-corrected chi connectivity index (χ4v) is 15.1. The van der Waals surface area contributed by atoms with Gasteiger partial charge >= 0.3 is 0 Å². The van der Waals surface area contributed by atoms with E-state index in [9.17, 15) is 8.78 Å². The monoisotopic (exact) mass is 834 g/mol. The van der Waals surface area contributed by atoms with E-state index in [1.165, 1.54) is 69.8 Å². The fraction of sp³-hybridized carbons (Fsp3) is 0.0182. The number of benzene rings is 9. The molecule has 0 atom stereocenters. The van der Waals surface area contributed by atoms with Gasteiger partial charge in [0.05, 0.1) is 5.41 Å². The van der Waals surface area contributed by atoms with Crippen LogP contribution in [0.2, 0.25) is 0 Å². The Bertz CT molecular complexity index is 3090. The van der Waals surface area contributed by atoms with Crippen LogP contribution in [0.5, 0.6) is 0 Å². The Morgan fingerprint density at radius 2 is 0.597 bits per heavy atom. The van der Waals surface area contributed by atoms with Gasteiger partial charge in [-0.25, -0.2) is 26.3 Å². The van der Waals surface area contributed by atoms with Crippen molar-refractivity contribution in [3.63, 3.8) is 0 Å². The smallest absolute Gasteiger partial charge is 0.180 e. The second kappa shape index (κ2) is 14.2. The van der Waals surface area contributed by atoms with Crippen LogP contribution in [-0.4, -0.2) is 8.07 Å². The molecular weight excluding hydrogens is 803 g/mol. The molecule has 62 heavy (non-hydrogen) atoms. The van der Waals surface area contributed by atoms with Crippen molar-refractivity contribution < 1.29 is 26.3 Å². The molecule has 0 N–H and O–H groups in total. The minimum Gasteiger partial charge on any atom is -0.207 e. The third-order valence-corrected chi connectivity index (χ3v) is 17.5. The van der Waals surface area contributed by atoms with Crippen LogP contribution in [0.1, 0.15) is 22.3 Å². The van der Waals surface area contributed by atoms with Crippen molar-refractivity contribution in [2.24, 2.45) is 0 Å². The lowest BCUT2D eigenvalue weighted by Gasteiger charge is -2.35. The zero-order valence-corrected chi connectivity index (χ0v) is 33.7. The summed E-state index contributed by atoms with van der Waals surface area (Å²) in [5.74, 6) is -4.89. The number of rotatable bonds is 6. The molecule has 1 spiro atoms. The van der Waals surface area contributed by atoms with Crippen LogP contribution < -0.4 is 20.7 Å². The topological polar surface area (TPSA) is 0 Å². The average molecular weight is 835 g/mol. The van der Waals surface area contributed by atoms with E-state index in [1.807, 2.05) is 24.3 Å². The molecule has 2 aliphatic rings. The number of hydrogen-bond acceptors (Lipinski definition) is 0. The predicted molar refractivity (Wildman–Crippen MR) is 237 cm³/mol. The lowest BCUT2D eigenvalue weighted by molar-refractivity contribution is 0.583. The van der Waals surface area contributed by atoms with Gasteiger partial charge in [0.15, 0.2) is 8.07 Å². The zero-order chi connectivity index (χ0) is 42.3. The van der Waals surface area contributed by atoms with Crippen molar-refractivity contribution in [3.8, 4) is 44.5 Å². The van der Waals surface area contributed by atoms with Gasteiger partial charge in [-0.2, -0.15) is 0 Å². The maximum absolute atomic E-state index is 15.4. The van der Waals surface area contributed by atoms with E-state index in [4.69, 9.17) is 0 Å². The summed E-state index contributed by atoms with van der Waals surface area (Å²) in [6.45, 7) is 0. The van der Waals surface area contributed by atoms with Crippen LogP contribution in [0.15, 0.2) is 194 Å². The van der Waals surface area contributed by atoms with Crippen LogP contribution >= 0.6 is 0 Å². The highest BCUT2D eigenvalue weighted by molar-refractivity contribution is 7.19. The van der Waals surface area contributed by atoms with Gasteiger partial charge < -0.3 is 0 Å². The molecule has 0 aromatic heterocycles. The number of halogens is 6. The van der Waals surface area contributed by atoms with E-state index in [2.05, 4.69) is 91.0 Å². The van der Waals surface area contributed by atoms with Crippen molar-refractivity contribution in [1.82, 2.24) is 0 Å². The second-order valence-electron chi connectivity index (χ2n) is 16.0. The van der Waals surface area contributed by atoms with Crippen LogP contribution in [0.25, 0.3) is 44.5 Å². The first-order valence-corrected chi connectivity index (χ1v) is 22.2. The molecule has 0 saturated carbocycles. The Kier molecular flexibility index (Phi) is 8.63. The largest absolute Gasteiger partial charge is 0.207 e. The summed E-state index contributed by atoms with van der Waals surface area (Å²) in [7, 11) is -3.97. The maximum Gasteiger partial charge on any atom is 0.180 e. The number of hydrogen-bond donors (Lipinski definition) is 0. The van der Waals surface area contributed by atoms with Gasteiger partial charge in [-0.3, -0.25) is 0 Å². The molecule has 7 heteroatoms. The van der Waals surface area contributed by atoms with E-state index in [1.54, 1.807) is 24.3 Å². The van der Waals surface area contributed by atoms with Crippen LogP contribution in [-0.2, 0) is 5.41 Å². The van der Waals surface area contributed by atoms with Gasteiger partial charge in [-0.05, 0) is 130 Å². The van der Waals surface area contributed by atoms with Crippen molar-refractivity contribution >= 4 is 28.8 Å². The first kappa shape index (κ1) is 37.8. The van der Waals surface area contributed by atoms with Gasteiger partial charge in [0.25, 0.3) is 0 Å². The van der Waals surface area contributed by atoms with E-state index < -0.39 is 48.4 Å². The third-order valence-electron chi connectivity index (χ3n) is 12.8. The van der Waals surface area contributed by atoms with E-state index in [0.29, 0.717) is 15.9 Å². The third kappa shape index (κ3) is 5.61. The normalized spacial score (nSPS) is 13.1. The molecule has 0 unspecified atom stereocenters. The van der Waals surface area contributed by atoms with Gasteiger partial charge in [0.1, 0.15) is 34.9 Å². The SMILES string of the molecule is Fc1cc(F)cc(-c2ccc([Si](c3ccc(-c4ccc5c(c4)C4(c6ccccc6-c6ccccc64)c4ccccc4-5)cc3)(c3cc(F)cc(F)c3)c3cc(F)cc(F)c3)cc2)c1. The van der Waals surface area contributed by atoms with Crippen molar-refractivity contribution in [3.05, 3.63) is 251 Å². The minimum absolute atomic E-state index is 0.216. The Morgan fingerprint density at radius 3 is 1.02 bits per heavy atom. The Hall–Kier alpha value is -7.22. The molecule has 0 fully saturated rings. The van der Waals surface area contributed by atoms with Crippen molar-refractivity contribution in [1.29, 1.82) is 0 Å². The minimum atomic E-state index is -3.97. The van der Waals surface area contributed by atoms with Gasteiger partial charge in [-0.15, -0.1) is 0 Å². The predicted octanol–water partition coefficient (Wildman–Crippen LogP) is 11.6. The van der Waals surface area contributed by atoms with Crippen LogP contribution in [0.3, 0.4) is 0 Å². The molecule has 0 saturated heterocycles. The van der Waals surface area contributed by atoms with E-state index >= 15 is 17.6 Å². The molecule has 0 radical (unpaired) electrons. The average Bonchev–Trinajstić information content (AvgIpc) is 3.73. The summed E-state index contributed by atoms with van der Waals surface area (Å²) in [4.78, 5) is 0. The molecule has 9 aromatic carbocycles. The Balaban J connectivity index is 1.11. The summed E-state index contributed by atoms with van der Waals surface area (Å²) in [5.41, 5.74) is 11.5. The highest BCUT2D eigenvalue weighted by Gasteiger charge is 2.51. The van der Waals surface area contributed by atoms with Crippen molar-refractivity contribution in [2.75, 3.05) is 0 Å². The first-order valence-electron chi connectivity index (χ1n) is 20.2. The highest BCUT2D eigenvalue weighted by Crippen LogP contribution is 2.63. The first-order chi connectivity index (χ1) is 30.1. The molecule has 0 amide bonds. The summed E-state index contributed by atoms with van der Waals surface area (Å²) < 4.78 is 90.2. The molecule has 0 nitrogen and oxygen atoms in total. The molecule has 0 aliphatic heterocycles. The lowest BCUT2D eigenvalue weighted by Crippen LogP contribution is -2.75. The Labute approximate surface area is 355 Å². The summed E-state index contributed by atoms with van der Waals surface area (Å²) in [5, 5.41) is 1.57. The van der Waals surface area contributed by atoms with Crippen LogP contribution in [0.4, 0.5) is 26.3 Å². The summed E-state index contributed by atoms with van der Waals surface area (Å²) >= 11 is 0. The molecule has 0 bridgehead atoms. The van der Waals surface area contributed by atoms with Gasteiger partial charge in [0, 0.05) is 18.2 Å². The summed E-state index contributed by atoms with van der Waals surface area (Å²) in [6, 6.07) is 56.2. The molecule has 0 heterocycles. The standard InChI is InChI=1S/C55H32F6Si/c56-37-23-36(24-38(57)26-37)34-15-20-44(21-16-34)62(45-29-39(58)27-40(59)30-45,46-31-41(60)28-42(61)32-46)43-18-13-33(14-19-43)35-17-22-50-49-9-3-6-12-53(49)55(54(50)25-35)51-10-4-1-7-47(51)48-8-2-5-11-52(48)55/h1-32H. The van der Waals surface area contributed by atoms with Gasteiger partial charge in [-0.1, -0.05) is 133 Å². The molecular formula is C55H32F6Si. The lowest BCUT2D eigenvalue weighted by atomic mass is 9.70. The maximum atomic E-state index is 15.4. The zero-order valence-electron chi connectivity index (χ0n) is 32.7.